The van der Waals surface area contributed by atoms with Crippen LogP contribution >= 0.6 is 0 Å². The number of carbonyl (C=O) groups excluding carboxylic acids is 1. The van der Waals surface area contributed by atoms with Gasteiger partial charge in [-0.25, -0.2) is 4.79 Å². The van der Waals surface area contributed by atoms with Crippen molar-refractivity contribution >= 4 is 11.8 Å². The van der Waals surface area contributed by atoms with Gasteiger partial charge < -0.3 is 19.6 Å². The van der Waals surface area contributed by atoms with E-state index in [4.69, 9.17) is 14.6 Å². The Balaban J connectivity index is 2.35. The number of carboxylic acids is 1. The fourth-order valence-electron chi connectivity index (χ4n) is 1.79. The number of aromatic nitrogens is 1. The second-order valence-corrected chi connectivity index (χ2v) is 4.01. The molecule has 2 aromatic rings. The largest absolute Gasteiger partial charge is 0.493 e. The van der Waals surface area contributed by atoms with Gasteiger partial charge in [-0.15, -0.1) is 0 Å². The SMILES string of the molecule is COc1ccc(C(=O)c2c[nH]c(C(=O)O)c2)cc1OC. The van der Waals surface area contributed by atoms with Crippen molar-refractivity contribution in [3.8, 4) is 11.5 Å². The van der Waals surface area contributed by atoms with Gasteiger partial charge in [-0.2, -0.15) is 0 Å². The molecule has 6 nitrogen and oxygen atoms in total. The van der Waals surface area contributed by atoms with Gasteiger partial charge in [0.25, 0.3) is 0 Å². The second-order valence-electron chi connectivity index (χ2n) is 4.01. The van der Waals surface area contributed by atoms with Crippen molar-refractivity contribution < 1.29 is 24.2 Å². The number of rotatable bonds is 5. The average molecular weight is 275 g/mol. The number of carboxylic acid groups (broad SMARTS) is 1. The van der Waals surface area contributed by atoms with E-state index in [1.807, 2.05) is 0 Å². The van der Waals surface area contributed by atoms with Gasteiger partial charge in [-0.1, -0.05) is 0 Å². The summed E-state index contributed by atoms with van der Waals surface area (Å²) in [7, 11) is 2.98. The highest BCUT2D eigenvalue weighted by Gasteiger charge is 2.16. The molecule has 0 saturated heterocycles. The third-order valence-electron chi connectivity index (χ3n) is 2.82. The van der Waals surface area contributed by atoms with Crippen LogP contribution in [-0.4, -0.2) is 36.1 Å². The summed E-state index contributed by atoms with van der Waals surface area (Å²) in [5.41, 5.74) is 0.627. The molecular formula is C14H13NO5. The van der Waals surface area contributed by atoms with Crippen LogP contribution in [0, 0.1) is 0 Å². The van der Waals surface area contributed by atoms with E-state index in [0.29, 0.717) is 17.1 Å². The molecule has 1 heterocycles. The Morgan fingerprint density at radius 1 is 1.05 bits per heavy atom. The van der Waals surface area contributed by atoms with Crippen molar-refractivity contribution in [2.45, 2.75) is 0 Å². The normalized spacial score (nSPS) is 10.1. The molecule has 0 aliphatic heterocycles. The highest BCUT2D eigenvalue weighted by atomic mass is 16.5. The molecule has 2 N–H and O–H groups in total. The third-order valence-corrected chi connectivity index (χ3v) is 2.82. The van der Waals surface area contributed by atoms with Crippen LogP contribution in [0.5, 0.6) is 11.5 Å². The molecule has 1 aromatic carbocycles. The number of benzene rings is 1. The molecule has 0 fully saturated rings. The summed E-state index contributed by atoms with van der Waals surface area (Å²) in [6.45, 7) is 0. The number of hydrogen-bond acceptors (Lipinski definition) is 4. The molecule has 104 valence electrons. The van der Waals surface area contributed by atoms with Crippen LogP contribution < -0.4 is 9.47 Å². The maximum Gasteiger partial charge on any atom is 0.352 e. The molecule has 2 rings (SSSR count). The molecule has 6 heteroatoms. The summed E-state index contributed by atoms with van der Waals surface area (Å²) in [6, 6.07) is 6.06. The molecule has 0 spiro atoms. The number of aromatic carboxylic acids is 1. The minimum Gasteiger partial charge on any atom is -0.493 e. The number of nitrogens with one attached hydrogen (secondary N) is 1. The molecule has 1 aromatic heterocycles. The van der Waals surface area contributed by atoms with Gasteiger partial charge >= 0.3 is 5.97 Å². The lowest BCUT2D eigenvalue weighted by atomic mass is 10.1. The maximum atomic E-state index is 12.2. The summed E-state index contributed by atoms with van der Waals surface area (Å²) in [5, 5.41) is 8.82. The quantitative estimate of drug-likeness (QED) is 0.814. The lowest BCUT2D eigenvalue weighted by Crippen LogP contribution is -2.01. The van der Waals surface area contributed by atoms with E-state index in [1.165, 1.54) is 26.5 Å². The summed E-state index contributed by atoms with van der Waals surface area (Å²) in [6.07, 6.45) is 1.36. The molecule has 0 unspecified atom stereocenters. The van der Waals surface area contributed by atoms with Crippen molar-refractivity contribution in [2.24, 2.45) is 0 Å². The number of aromatic amines is 1. The predicted octanol–water partition coefficient (Wildman–Crippen LogP) is 1.96. The van der Waals surface area contributed by atoms with Gasteiger partial charge in [0, 0.05) is 17.3 Å². The van der Waals surface area contributed by atoms with E-state index in [9.17, 15) is 9.59 Å². The summed E-state index contributed by atoms with van der Waals surface area (Å²) in [5.74, 6) is -0.456. The summed E-state index contributed by atoms with van der Waals surface area (Å²) >= 11 is 0. The highest BCUT2D eigenvalue weighted by molar-refractivity contribution is 6.10. The van der Waals surface area contributed by atoms with Gasteiger partial charge in [0.15, 0.2) is 17.3 Å². The fraction of sp³-hybridized carbons (Fsp3) is 0.143. The zero-order chi connectivity index (χ0) is 14.7. The summed E-state index contributed by atoms with van der Waals surface area (Å²) < 4.78 is 10.2. The Labute approximate surface area is 115 Å². The number of H-pyrrole nitrogens is 1. The monoisotopic (exact) mass is 275 g/mol. The van der Waals surface area contributed by atoms with Gasteiger partial charge in [-0.3, -0.25) is 4.79 Å². The van der Waals surface area contributed by atoms with Crippen LogP contribution in [0.3, 0.4) is 0 Å². The van der Waals surface area contributed by atoms with Crippen molar-refractivity contribution in [3.63, 3.8) is 0 Å². The minimum absolute atomic E-state index is 0.0335. The van der Waals surface area contributed by atoms with E-state index < -0.39 is 5.97 Å². The van der Waals surface area contributed by atoms with Crippen LogP contribution in [0.2, 0.25) is 0 Å². The molecule has 20 heavy (non-hydrogen) atoms. The van der Waals surface area contributed by atoms with Crippen molar-refractivity contribution in [3.05, 3.63) is 47.3 Å². The van der Waals surface area contributed by atoms with E-state index in [-0.39, 0.29) is 17.0 Å². The zero-order valence-electron chi connectivity index (χ0n) is 11.0. The number of carbonyl (C=O) groups is 2. The predicted molar refractivity (Wildman–Crippen MR) is 70.7 cm³/mol. The van der Waals surface area contributed by atoms with Crippen molar-refractivity contribution in [2.75, 3.05) is 14.2 Å². The first-order chi connectivity index (χ1) is 9.56. The maximum absolute atomic E-state index is 12.2. The molecular weight excluding hydrogens is 262 g/mol. The highest BCUT2D eigenvalue weighted by Crippen LogP contribution is 2.28. The van der Waals surface area contributed by atoms with Gasteiger partial charge in [0.2, 0.25) is 0 Å². The lowest BCUT2D eigenvalue weighted by molar-refractivity contribution is 0.0691. The number of ketones is 1. The van der Waals surface area contributed by atoms with Crippen LogP contribution in [0.25, 0.3) is 0 Å². The van der Waals surface area contributed by atoms with Crippen molar-refractivity contribution in [1.82, 2.24) is 4.98 Å². The molecule has 0 saturated carbocycles. The van der Waals surface area contributed by atoms with Crippen LogP contribution in [0.1, 0.15) is 26.4 Å². The van der Waals surface area contributed by atoms with Gasteiger partial charge in [0.1, 0.15) is 5.69 Å². The van der Waals surface area contributed by atoms with E-state index in [1.54, 1.807) is 18.2 Å². The molecule has 0 atom stereocenters. The smallest absolute Gasteiger partial charge is 0.352 e. The first kappa shape index (κ1) is 13.7. The number of hydrogen-bond donors (Lipinski definition) is 2. The van der Waals surface area contributed by atoms with Crippen molar-refractivity contribution in [1.29, 1.82) is 0 Å². The van der Waals surface area contributed by atoms with Gasteiger partial charge in [0.05, 0.1) is 14.2 Å². The molecule has 0 aliphatic carbocycles. The molecule has 0 bridgehead atoms. The number of methoxy groups -OCH3 is 2. The van der Waals surface area contributed by atoms with Crippen LogP contribution in [0.4, 0.5) is 0 Å². The van der Waals surface area contributed by atoms with E-state index >= 15 is 0 Å². The minimum atomic E-state index is -1.11. The topological polar surface area (TPSA) is 88.6 Å². The molecule has 0 radical (unpaired) electrons. The Kier molecular flexibility index (Phi) is 3.74. The van der Waals surface area contributed by atoms with E-state index in [2.05, 4.69) is 4.98 Å². The Morgan fingerprint density at radius 3 is 2.30 bits per heavy atom. The zero-order valence-corrected chi connectivity index (χ0v) is 11.0. The Bertz CT molecular complexity index is 659. The first-order valence-electron chi connectivity index (χ1n) is 5.75. The lowest BCUT2D eigenvalue weighted by Gasteiger charge is -2.08. The molecule has 0 amide bonds. The van der Waals surface area contributed by atoms with Crippen LogP contribution in [0.15, 0.2) is 30.5 Å². The first-order valence-corrected chi connectivity index (χ1v) is 5.75. The Hall–Kier alpha value is -2.76. The van der Waals surface area contributed by atoms with Crippen LogP contribution in [-0.2, 0) is 0 Å². The van der Waals surface area contributed by atoms with E-state index in [0.717, 1.165) is 0 Å². The number of ether oxygens (including phenoxy) is 2. The standard InChI is InChI=1S/C14H13NO5/c1-19-11-4-3-8(6-12(11)20-2)13(16)9-5-10(14(17)18)15-7-9/h3-7,15H,1-2H3,(H,17,18). The molecule has 0 aliphatic rings. The Morgan fingerprint density at radius 2 is 1.75 bits per heavy atom. The summed E-state index contributed by atoms with van der Waals surface area (Å²) in [4.78, 5) is 25.5. The van der Waals surface area contributed by atoms with Gasteiger partial charge in [-0.05, 0) is 24.3 Å². The third kappa shape index (κ3) is 2.49. The average Bonchev–Trinajstić information content (AvgIpc) is 2.95. The second kappa shape index (κ2) is 5.48. The fourth-order valence-corrected chi connectivity index (χ4v) is 1.79.